The molecule has 3 aromatic carbocycles. The summed E-state index contributed by atoms with van der Waals surface area (Å²) in [4.78, 5) is 16.2. The van der Waals surface area contributed by atoms with Crippen molar-refractivity contribution in [1.82, 2.24) is 5.16 Å². The lowest BCUT2D eigenvalue weighted by Gasteiger charge is -2.33. The third-order valence-electron chi connectivity index (χ3n) is 7.32. The van der Waals surface area contributed by atoms with Crippen molar-refractivity contribution in [2.24, 2.45) is 5.92 Å². The van der Waals surface area contributed by atoms with Gasteiger partial charge in [0.25, 0.3) is 0 Å². The van der Waals surface area contributed by atoms with E-state index in [2.05, 4.69) is 22.3 Å². The van der Waals surface area contributed by atoms with Crippen molar-refractivity contribution >= 4 is 33.7 Å². The molecule has 0 saturated carbocycles. The van der Waals surface area contributed by atoms with Crippen LogP contribution in [0.15, 0.2) is 47.0 Å². The van der Waals surface area contributed by atoms with E-state index in [1.807, 2.05) is 42.5 Å². The van der Waals surface area contributed by atoms with Gasteiger partial charge in [-0.15, -0.1) is 0 Å². The molecule has 1 aromatic heterocycles. The summed E-state index contributed by atoms with van der Waals surface area (Å²) in [7, 11) is 4.73. The highest BCUT2D eigenvalue weighted by atomic mass is 16.5. The van der Waals surface area contributed by atoms with Crippen molar-refractivity contribution in [3.05, 3.63) is 53.6 Å². The summed E-state index contributed by atoms with van der Waals surface area (Å²) >= 11 is 0. The van der Waals surface area contributed by atoms with Crippen LogP contribution in [-0.2, 0) is 0 Å². The number of fused-ring (bicyclic) bond motifs is 2. The van der Waals surface area contributed by atoms with Gasteiger partial charge in [-0.2, -0.15) is 0 Å². The van der Waals surface area contributed by atoms with Crippen LogP contribution in [-0.4, -0.2) is 45.4 Å². The van der Waals surface area contributed by atoms with Gasteiger partial charge in [0, 0.05) is 42.0 Å². The fourth-order valence-corrected chi connectivity index (χ4v) is 5.60. The van der Waals surface area contributed by atoms with Gasteiger partial charge in [-0.1, -0.05) is 36.3 Å². The highest BCUT2D eigenvalue weighted by Gasteiger charge is 2.34. The first-order valence-electron chi connectivity index (χ1n) is 12.5. The van der Waals surface area contributed by atoms with E-state index in [1.54, 1.807) is 21.3 Å². The zero-order valence-electron chi connectivity index (χ0n) is 21.4. The number of ketones is 1. The molecule has 1 N–H and O–H groups in total. The average Bonchev–Trinajstić information content (AvgIpc) is 3.36. The van der Waals surface area contributed by atoms with Crippen molar-refractivity contribution in [3.63, 3.8) is 0 Å². The van der Waals surface area contributed by atoms with E-state index in [9.17, 15) is 4.79 Å². The molecule has 0 bridgehead atoms. The summed E-state index contributed by atoms with van der Waals surface area (Å²) in [6.45, 7) is 4.11. The number of ether oxygens (including phenoxy) is 3. The zero-order chi connectivity index (χ0) is 25.7. The Balaban J connectivity index is 1.58. The Morgan fingerprint density at radius 1 is 1.03 bits per heavy atom. The van der Waals surface area contributed by atoms with Gasteiger partial charge in [0.15, 0.2) is 23.0 Å². The SMILES string of the molecule is COc1cc(Nc2cc(N3CCC[C@H](C)C3)c3noc4c3c2C(=O)c2ccccc2-4)cc(OC)c1OC. The van der Waals surface area contributed by atoms with Crippen LogP contribution in [0.5, 0.6) is 17.2 Å². The Bertz CT molecular complexity index is 1500. The number of hydrogen-bond donors (Lipinski definition) is 1. The fraction of sp³-hybridized carbons (Fsp3) is 0.310. The number of carbonyl (C=O) groups is 1. The molecule has 190 valence electrons. The number of piperidine rings is 1. The molecule has 0 radical (unpaired) electrons. The molecule has 37 heavy (non-hydrogen) atoms. The van der Waals surface area contributed by atoms with Crippen LogP contribution in [0.4, 0.5) is 17.1 Å². The summed E-state index contributed by atoms with van der Waals surface area (Å²) in [5, 5.41) is 8.73. The number of nitrogens with zero attached hydrogens (tertiary/aromatic N) is 2. The minimum atomic E-state index is -0.0650. The molecule has 8 heteroatoms. The largest absolute Gasteiger partial charge is 0.493 e. The molecule has 0 unspecified atom stereocenters. The van der Waals surface area contributed by atoms with Crippen LogP contribution in [0.1, 0.15) is 35.7 Å². The first kappa shape index (κ1) is 23.2. The lowest BCUT2D eigenvalue weighted by atomic mass is 9.86. The van der Waals surface area contributed by atoms with E-state index in [1.165, 1.54) is 6.42 Å². The van der Waals surface area contributed by atoms with Crippen LogP contribution >= 0.6 is 0 Å². The zero-order valence-corrected chi connectivity index (χ0v) is 21.4. The molecule has 2 aliphatic rings. The van der Waals surface area contributed by atoms with E-state index < -0.39 is 0 Å². The van der Waals surface area contributed by atoms with Crippen molar-refractivity contribution in [3.8, 4) is 28.6 Å². The normalized spacial score (nSPS) is 16.5. The number of hydrogen-bond acceptors (Lipinski definition) is 8. The van der Waals surface area contributed by atoms with Crippen LogP contribution in [0, 0.1) is 5.92 Å². The molecule has 1 fully saturated rings. The lowest BCUT2D eigenvalue weighted by molar-refractivity contribution is 0.104. The topological polar surface area (TPSA) is 86.1 Å². The van der Waals surface area contributed by atoms with Gasteiger partial charge in [0.05, 0.1) is 43.7 Å². The van der Waals surface area contributed by atoms with Gasteiger partial charge in [0.1, 0.15) is 5.52 Å². The maximum absolute atomic E-state index is 13.9. The van der Waals surface area contributed by atoms with Crippen LogP contribution in [0.3, 0.4) is 0 Å². The molecule has 1 aliphatic carbocycles. The van der Waals surface area contributed by atoms with Crippen LogP contribution in [0.25, 0.3) is 22.2 Å². The Morgan fingerprint density at radius 3 is 2.43 bits per heavy atom. The molecule has 6 rings (SSSR count). The van der Waals surface area contributed by atoms with Crippen LogP contribution in [0.2, 0.25) is 0 Å². The molecule has 8 nitrogen and oxygen atoms in total. The smallest absolute Gasteiger partial charge is 0.203 e. The van der Waals surface area contributed by atoms with E-state index in [0.717, 1.165) is 41.7 Å². The lowest BCUT2D eigenvalue weighted by Crippen LogP contribution is -2.34. The molecule has 4 aromatic rings. The van der Waals surface area contributed by atoms with Crippen molar-refractivity contribution in [1.29, 1.82) is 0 Å². The number of rotatable bonds is 6. The first-order valence-corrected chi connectivity index (χ1v) is 12.5. The predicted octanol–water partition coefficient (Wildman–Crippen LogP) is 6.04. The average molecular weight is 500 g/mol. The Morgan fingerprint density at radius 2 is 1.76 bits per heavy atom. The van der Waals surface area contributed by atoms with Crippen molar-refractivity contribution < 1.29 is 23.5 Å². The van der Waals surface area contributed by atoms with Gasteiger partial charge in [-0.05, 0) is 24.8 Å². The minimum absolute atomic E-state index is 0.0650. The highest BCUT2D eigenvalue weighted by Crippen LogP contribution is 2.48. The van der Waals surface area contributed by atoms with Crippen molar-refractivity contribution in [2.75, 3.05) is 44.6 Å². The number of carbonyl (C=O) groups excluding carboxylic acids is 1. The number of aromatic nitrogens is 1. The summed E-state index contributed by atoms with van der Waals surface area (Å²) < 4.78 is 22.5. The summed E-state index contributed by atoms with van der Waals surface area (Å²) in [6.07, 6.45) is 2.30. The Labute approximate surface area is 215 Å². The van der Waals surface area contributed by atoms with E-state index >= 15 is 0 Å². The summed E-state index contributed by atoms with van der Waals surface area (Å²) in [5.74, 6) is 2.67. The van der Waals surface area contributed by atoms with Gasteiger partial charge >= 0.3 is 0 Å². The third kappa shape index (κ3) is 3.66. The number of methoxy groups -OCH3 is 3. The number of nitrogens with one attached hydrogen (secondary N) is 1. The molecular formula is C29H29N3O5. The monoisotopic (exact) mass is 499 g/mol. The summed E-state index contributed by atoms with van der Waals surface area (Å²) in [6, 6.07) is 13.2. The van der Waals surface area contributed by atoms with Crippen LogP contribution < -0.4 is 24.4 Å². The van der Waals surface area contributed by atoms with Crippen molar-refractivity contribution in [2.45, 2.75) is 19.8 Å². The third-order valence-corrected chi connectivity index (χ3v) is 7.32. The van der Waals surface area contributed by atoms with Gasteiger partial charge in [-0.3, -0.25) is 4.79 Å². The van der Waals surface area contributed by atoms with E-state index in [4.69, 9.17) is 18.7 Å². The standard InChI is InChI=1S/C29H29N3O5/c1-16-8-7-11-32(15-16)21-14-20(30-17-12-22(34-2)29(36-4)23(13-17)35-3)24-25-26(21)31-37-28(25)19-10-6-5-9-18(19)27(24)33/h5-6,9-10,12-14,16,30H,7-8,11,15H2,1-4H3/t16-/m0/s1. The molecule has 2 heterocycles. The second-order valence-corrected chi connectivity index (χ2v) is 9.66. The molecule has 0 amide bonds. The summed E-state index contributed by atoms with van der Waals surface area (Å²) in [5.41, 5.74) is 4.98. The molecular weight excluding hydrogens is 470 g/mol. The number of benzene rings is 3. The highest BCUT2D eigenvalue weighted by molar-refractivity contribution is 6.28. The molecule has 1 atom stereocenters. The minimum Gasteiger partial charge on any atom is -0.493 e. The Hall–Kier alpha value is -4.20. The second kappa shape index (κ2) is 9.03. The maximum Gasteiger partial charge on any atom is 0.203 e. The predicted molar refractivity (Wildman–Crippen MR) is 143 cm³/mol. The second-order valence-electron chi connectivity index (χ2n) is 9.66. The van der Waals surface area contributed by atoms with Gasteiger partial charge in [0.2, 0.25) is 5.75 Å². The van der Waals surface area contributed by atoms with Gasteiger partial charge in [-0.25, -0.2) is 0 Å². The maximum atomic E-state index is 13.9. The fourth-order valence-electron chi connectivity index (χ4n) is 5.60. The molecule has 0 spiro atoms. The number of anilines is 3. The first-order chi connectivity index (χ1) is 18.0. The van der Waals surface area contributed by atoms with E-state index in [0.29, 0.717) is 51.4 Å². The Kier molecular flexibility index (Phi) is 5.67. The molecule has 1 saturated heterocycles. The molecule has 1 aliphatic heterocycles. The van der Waals surface area contributed by atoms with E-state index in [-0.39, 0.29) is 5.78 Å². The van der Waals surface area contributed by atoms with Gasteiger partial charge < -0.3 is 29.0 Å². The quantitative estimate of drug-likeness (QED) is 0.302.